The van der Waals surface area contributed by atoms with Gasteiger partial charge in [-0.05, 0) is 39.5 Å². The van der Waals surface area contributed by atoms with Gasteiger partial charge in [0.25, 0.3) is 0 Å². The van der Waals surface area contributed by atoms with Gasteiger partial charge in [0.05, 0.1) is 12.1 Å². The van der Waals surface area contributed by atoms with E-state index in [-0.39, 0.29) is 29.6 Å². The zero-order chi connectivity index (χ0) is 16.2. The largest absolute Gasteiger partial charge is 0.370 e. The highest BCUT2D eigenvalue weighted by atomic mass is 127. The van der Waals surface area contributed by atoms with E-state index in [0.29, 0.717) is 24.9 Å². The second-order valence-corrected chi connectivity index (χ2v) is 7.03. The zero-order valence-electron chi connectivity index (χ0n) is 14.5. The summed E-state index contributed by atoms with van der Waals surface area (Å²) < 4.78 is 10.9. The molecule has 0 saturated carbocycles. The Morgan fingerprint density at radius 2 is 2.09 bits per heavy atom. The molecular formula is C16H29IN4O2. The van der Waals surface area contributed by atoms with E-state index in [1.807, 2.05) is 26.8 Å². The van der Waals surface area contributed by atoms with Crippen molar-refractivity contribution < 1.29 is 9.26 Å². The summed E-state index contributed by atoms with van der Waals surface area (Å²) in [7, 11) is 0. The van der Waals surface area contributed by atoms with Crippen molar-refractivity contribution in [2.24, 2.45) is 16.6 Å². The summed E-state index contributed by atoms with van der Waals surface area (Å²) in [6, 6.07) is 1.88. The van der Waals surface area contributed by atoms with E-state index in [9.17, 15) is 0 Å². The molecule has 2 heterocycles. The fourth-order valence-electron chi connectivity index (χ4n) is 2.29. The van der Waals surface area contributed by atoms with Gasteiger partial charge in [-0.25, -0.2) is 4.99 Å². The molecule has 0 aromatic carbocycles. The molecule has 0 spiro atoms. The maximum absolute atomic E-state index is 6.06. The number of aromatic nitrogens is 1. The van der Waals surface area contributed by atoms with Gasteiger partial charge in [-0.15, -0.1) is 24.0 Å². The summed E-state index contributed by atoms with van der Waals surface area (Å²) in [6.45, 7) is 11.1. The number of likely N-dealkylation sites (tertiary alicyclic amines) is 1. The lowest BCUT2D eigenvalue weighted by Crippen LogP contribution is -2.42. The molecule has 0 radical (unpaired) electrons. The first-order valence-electron chi connectivity index (χ1n) is 7.97. The standard InChI is InChI=1S/C16H28N4O2.HI/c1-12-5-7-20(8-6-12)15(17)18-10-13-9-14(22-19-13)11-21-16(2,3)4;/h9,12H,5-8,10-11H2,1-4H3,(H2,17,18);1H. The molecule has 0 unspecified atom stereocenters. The highest BCUT2D eigenvalue weighted by Gasteiger charge is 2.17. The molecule has 1 aromatic heterocycles. The van der Waals surface area contributed by atoms with Gasteiger partial charge in [0.15, 0.2) is 11.7 Å². The SMILES string of the molecule is CC1CCN(C(N)=NCc2cc(COC(C)(C)C)on2)CC1.I. The van der Waals surface area contributed by atoms with Crippen LogP contribution in [0, 0.1) is 5.92 Å². The van der Waals surface area contributed by atoms with Crippen molar-refractivity contribution in [3.63, 3.8) is 0 Å². The zero-order valence-corrected chi connectivity index (χ0v) is 16.9. The van der Waals surface area contributed by atoms with Gasteiger partial charge >= 0.3 is 0 Å². The lowest BCUT2D eigenvalue weighted by Gasteiger charge is -2.30. The van der Waals surface area contributed by atoms with Crippen LogP contribution in [0.5, 0.6) is 0 Å². The maximum Gasteiger partial charge on any atom is 0.191 e. The summed E-state index contributed by atoms with van der Waals surface area (Å²) in [6.07, 6.45) is 2.35. The van der Waals surface area contributed by atoms with Crippen LogP contribution < -0.4 is 5.73 Å². The van der Waals surface area contributed by atoms with Gasteiger partial charge in [-0.3, -0.25) is 0 Å². The van der Waals surface area contributed by atoms with E-state index in [2.05, 4.69) is 22.0 Å². The molecule has 1 fully saturated rings. The molecule has 1 aliphatic heterocycles. The molecule has 23 heavy (non-hydrogen) atoms. The minimum absolute atomic E-state index is 0. The van der Waals surface area contributed by atoms with Gasteiger partial charge < -0.3 is 19.9 Å². The number of piperidine rings is 1. The third kappa shape index (κ3) is 7.07. The summed E-state index contributed by atoms with van der Waals surface area (Å²) >= 11 is 0. The number of halogens is 1. The van der Waals surface area contributed by atoms with Crippen LogP contribution >= 0.6 is 24.0 Å². The van der Waals surface area contributed by atoms with E-state index in [1.165, 1.54) is 12.8 Å². The molecule has 132 valence electrons. The van der Waals surface area contributed by atoms with Crippen molar-refractivity contribution >= 4 is 29.9 Å². The number of nitrogens with two attached hydrogens (primary N) is 1. The second kappa shape index (κ2) is 8.86. The third-order valence-electron chi connectivity index (χ3n) is 3.77. The van der Waals surface area contributed by atoms with Crippen LogP contribution in [0.25, 0.3) is 0 Å². The van der Waals surface area contributed by atoms with Crippen molar-refractivity contribution in [2.75, 3.05) is 13.1 Å². The molecule has 0 bridgehead atoms. The van der Waals surface area contributed by atoms with E-state index >= 15 is 0 Å². The molecule has 6 nitrogen and oxygen atoms in total. The van der Waals surface area contributed by atoms with Crippen molar-refractivity contribution in [1.29, 1.82) is 0 Å². The van der Waals surface area contributed by atoms with Crippen molar-refractivity contribution in [1.82, 2.24) is 10.1 Å². The fourth-order valence-corrected chi connectivity index (χ4v) is 2.29. The predicted molar refractivity (Wildman–Crippen MR) is 102 cm³/mol. The first kappa shape index (κ1) is 20.2. The molecule has 0 amide bonds. The quantitative estimate of drug-likeness (QED) is 0.446. The van der Waals surface area contributed by atoms with Crippen LogP contribution in [0.3, 0.4) is 0 Å². The maximum atomic E-state index is 6.06. The first-order valence-corrected chi connectivity index (χ1v) is 7.97. The first-order chi connectivity index (χ1) is 10.3. The minimum atomic E-state index is -0.194. The molecule has 0 atom stereocenters. The molecule has 2 rings (SSSR count). The molecule has 1 aliphatic rings. The van der Waals surface area contributed by atoms with Crippen LogP contribution in [-0.4, -0.2) is 34.7 Å². The Bertz CT molecular complexity index is 502. The van der Waals surface area contributed by atoms with Crippen LogP contribution in [0.1, 0.15) is 52.0 Å². The predicted octanol–water partition coefficient (Wildman–Crippen LogP) is 3.15. The molecular weight excluding hydrogens is 407 g/mol. The molecule has 7 heteroatoms. The molecule has 1 aromatic rings. The number of ether oxygens (including phenoxy) is 1. The molecule has 2 N–H and O–H groups in total. The number of rotatable bonds is 4. The smallest absolute Gasteiger partial charge is 0.191 e. The van der Waals surface area contributed by atoms with Crippen molar-refractivity contribution in [2.45, 2.75) is 59.3 Å². The topological polar surface area (TPSA) is 76.9 Å². The van der Waals surface area contributed by atoms with Gasteiger partial charge in [0.1, 0.15) is 12.3 Å². The summed E-state index contributed by atoms with van der Waals surface area (Å²) in [5.41, 5.74) is 6.64. The number of nitrogens with zero attached hydrogens (tertiary/aromatic N) is 3. The number of hydrogen-bond acceptors (Lipinski definition) is 4. The Hall–Kier alpha value is -0.830. The van der Waals surface area contributed by atoms with E-state index in [1.54, 1.807) is 0 Å². The lowest BCUT2D eigenvalue weighted by atomic mass is 10.00. The van der Waals surface area contributed by atoms with Crippen molar-refractivity contribution in [3.8, 4) is 0 Å². The summed E-state index contributed by atoms with van der Waals surface area (Å²) in [4.78, 5) is 6.56. The van der Waals surface area contributed by atoms with Crippen LogP contribution in [0.2, 0.25) is 0 Å². The minimum Gasteiger partial charge on any atom is -0.370 e. The number of aliphatic imine (C=N–C) groups is 1. The monoisotopic (exact) mass is 436 g/mol. The Morgan fingerprint density at radius 1 is 1.43 bits per heavy atom. The average molecular weight is 436 g/mol. The number of guanidine groups is 1. The van der Waals surface area contributed by atoms with Crippen LogP contribution in [0.4, 0.5) is 0 Å². The van der Waals surface area contributed by atoms with Gasteiger partial charge in [0, 0.05) is 19.2 Å². The lowest BCUT2D eigenvalue weighted by molar-refractivity contribution is -0.0241. The summed E-state index contributed by atoms with van der Waals surface area (Å²) in [5, 5.41) is 4.01. The van der Waals surface area contributed by atoms with Crippen molar-refractivity contribution in [3.05, 3.63) is 17.5 Å². The van der Waals surface area contributed by atoms with Crippen LogP contribution in [-0.2, 0) is 17.9 Å². The van der Waals surface area contributed by atoms with Gasteiger partial charge in [-0.1, -0.05) is 12.1 Å². The van der Waals surface area contributed by atoms with Crippen LogP contribution in [0.15, 0.2) is 15.6 Å². The Balaban J connectivity index is 0.00000264. The van der Waals surface area contributed by atoms with E-state index < -0.39 is 0 Å². The van der Waals surface area contributed by atoms with E-state index in [0.717, 1.165) is 24.7 Å². The fraction of sp³-hybridized carbons (Fsp3) is 0.750. The molecule has 0 aliphatic carbocycles. The Kier molecular flexibility index (Phi) is 7.79. The summed E-state index contributed by atoms with van der Waals surface area (Å²) in [5.74, 6) is 2.10. The Labute approximate surface area is 155 Å². The normalized spacial score (nSPS) is 17.2. The second-order valence-electron chi connectivity index (χ2n) is 7.03. The van der Waals surface area contributed by atoms with E-state index in [4.69, 9.17) is 15.0 Å². The Morgan fingerprint density at radius 3 is 2.70 bits per heavy atom. The van der Waals surface area contributed by atoms with Gasteiger partial charge in [0.2, 0.25) is 0 Å². The third-order valence-corrected chi connectivity index (χ3v) is 3.77. The van der Waals surface area contributed by atoms with Gasteiger partial charge in [-0.2, -0.15) is 0 Å². The highest BCUT2D eigenvalue weighted by molar-refractivity contribution is 14.0. The molecule has 1 saturated heterocycles. The number of hydrogen-bond donors (Lipinski definition) is 1. The average Bonchev–Trinajstić information content (AvgIpc) is 2.91. The highest BCUT2D eigenvalue weighted by Crippen LogP contribution is 2.16.